The van der Waals surface area contributed by atoms with Crippen molar-refractivity contribution in [2.75, 3.05) is 0 Å². The molecule has 3 aromatic rings. The Morgan fingerprint density at radius 3 is 2.42 bits per heavy atom. The number of thiazole rings is 1. The third-order valence-corrected chi connectivity index (χ3v) is 4.47. The van der Waals surface area contributed by atoms with E-state index in [2.05, 4.69) is 15.0 Å². The second kappa shape index (κ2) is 6.02. The van der Waals surface area contributed by atoms with Gasteiger partial charge in [-0.25, -0.2) is 15.0 Å². The summed E-state index contributed by atoms with van der Waals surface area (Å²) < 4.78 is 37.9. The van der Waals surface area contributed by atoms with E-state index >= 15 is 0 Å². The van der Waals surface area contributed by atoms with Crippen LogP contribution in [0, 0.1) is 18.3 Å². The van der Waals surface area contributed by atoms with Gasteiger partial charge in [-0.1, -0.05) is 12.1 Å². The summed E-state index contributed by atoms with van der Waals surface area (Å²) in [7, 11) is 0. The SMILES string of the molecule is Cc1nc(-c2ccc(C(F)(F)F)cc2)sc1-c1ccnc(C#N)n1. The van der Waals surface area contributed by atoms with Gasteiger partial charge in [0.1, 0.15) is 11.1 Å². The highest BCUT2D eigenvalue weighted by atomic mass is 32.1. The first-order valence-corrected chi connectivity index (χ1v) is 7.58. The number of nitrogens with zero attached hydrogens (tertiary/aromatic N) is 4. The molecule has 0 saturated carbocycles. The van der Waals surface area contributed by atoms with Crippen molar-refractivity contribution in [3.05, 3.63) is 53.6 Å². The van der Waals surface area contributed by atoms with Crippen molar-refractivity contribution in [1.29, 1.82) is 5.26 Å². The zero-order valence-electron chi connectivity index (χ0n) is 12.3. The van der Waals surface area contributed by atoms with Crippen molar-refractivity contribution >= 4 is 11.3 Å². The summed E-state index contributed by atoms with van der Waals surface area (Å²) in [4.78, 5) is 13.1. The Balaban J connectivity index is 1.98. The molecule has 1 aromatic carbocycles. The summed E-state index contributed by atoms with van der Waals surface area (Å²) in [6.45, 7) is 1.79. The number of hydrogen-bond acceptors (Lipinski definition) is 5. The quantitative estimate of drug-likeness (QED) is 0.687. The highest BCUT2D eigenvalue weighted by molar-refractivity contribution is 7.18. The smallest absolute Gasteiger partial charge is 0.241 e. The van der Waals surface area contributed by atoms with Gasteiger partial charge in [0.25, 0.3) is 0 Å². The van der Waals surface area contributed by atoms with E-state index in [4.69, 9.17) is 5.26 Å². The van der Waals surface area contributed by atoms with Crippen molar-refractivity contribution in [3.63, 3.8) is 0 Å². The molecule has 2 aromatic heterocycles. The molecule has 0 fully saturated rings. The molecule has 24 heavy (non-hydrogen) atoms. The van der Waals surface area contributed by atoms with E-state index in [0.29, 0.717) is 22.0 Å². The monoisotopic (exact) mass is 346 g/mol. The van der Waals surface area contributed by atoms with Crippen LogP contribution in [-0.4, -0.2) is 15.0 Å². The first kappa shape index (κ1) is 16.1. The molecule has 0 unspecified atom stereocenters. The van der Waals surface area contributed by atoms with E-state index in [0.717, 1.165) is 17.0 Å². The predicted octanol–water partition coefficient (Wildman–Crippen LogP) is 4.47. The second-order valence-corrected chi connectivity index (χ2v) is 5.89. The van der Waals surface area contributed by atoms with Gasteiger partial charge in [0.15, 0.2) is 0 Å². The maximum absolute atomic E-state index is 12.6. The van der Waals surface area contributed by atoms with Crippen molar-refractivity contribution in [2.45, 2.75) is 13.1 Å². The van der Waals surface area contributed by atoms with Crippen LogP contribution in [0.1, 0.15) is 17.1 Å². The summed E-state index contributed by atoms with van der Waals surface area (Å²) in [5, 5.41) is 9.47. The molecule has 2 heterocycles. The van der Waals surface area contributed by atoms with Crippen molar-refractivity contribution in [2.24, 2.45) is 0 Å². The molecule has 0 aliphatic heterocycles. The zero-order chi connectivity index (χ0) is 17.3. The van der Waals surface area contributed by atoms with E-state index in [1.165, 1.54) is 29.7 Å². The average molecular weight is 346 g/mol. The van der Waals surface area contributed by atoms with Gasteiger partial charge >= 0.3 is 6.18 Å². The predicted molar refractivity (Wildman–Crippen MR) is 83.0 cm³/mol. The van der Waals surface area contributed by atoms with Crippen molar-refractivity contribution in [1.82, 2.24) is 15.0 Å². The summed E-state index contributed by atoms with van der Waals surface area (Å²) in [6.07, 6.45) is -2.88. The lowest BCUT2D eigenvalue weighted by Crippen LogP contribution is -2.03. The third-order valence-electron chi connectivity index (χ3n) is 3.24. The van der Waals surface area contributed by atoms with Crippen LogP contribution in [0.25, 0.3) is 21.1 Å². The number of aromatic nitrogens is 3. The largest absolute Gasteiger partial charge is 0.416 e. The fourth-order valence-corrected chi connectivity index (χ4v) is 3.14. The van der Waals surface area contributed by atoms with Gasteiger partial charge in [0.05, 0.1) is 21.8 Å². The first-order chi connectivity index (χ1) is 11.4. The minimum absolute atomic E-state index is 0.0522. The Kier molecular flexibility index (Phi) is 4.03. The highest BCUT2D eigenvalue weighted by Gasteiger charge is 2.30. The van der Waals surface area contributed by atoms with Crippen LogP contribution in [0.4, 0.5) is 13.2 Å². The summed E-state index contributed by atoms with van der Waals surface area (Å²) in [5.74, 6) is 0.0522. The van der Waals surface area contributed by atoms with Gasteiger partial charge in [0, 0.05) is 11.8 Å². The highest BCUT2D eigenvalue weighted by Crippen LogP contribution is 2.36. The van der Waals surface area contributed by atoms with Gasteiger partial charge in [-0.15, -0.1) is 11.3 Å². The summed E-state index contributed by atoms with van der Waals surface area (Å²) in [6, 6.07) is 8.39. The van der Waals surface area contributed by atoms with Gasteiger partial charge in [-0.2, -0.15) is 18.4 Å². The minimum atomic E-state index is -4.36. The van der Waals surface area contributed by atoms with Gasteiger partial charge in [0.2, 0.25) is 5.82 Å². The summed E-state index contributed by atoms with van der Waals surface area (Å²) in [5.41, 5.74) is 1.15. The number of alkyl halides is 3. The third kappa shape index (κ3) is 3.12. The molecule has 0 spiro atoms. The molecular weight excluding hydrogens is 337 g/mol. The molecule has 0 saturated heterocycles. The normalized spacial score (nSPS) is 11.3. The van der Waals surface area contributed by atoms with Crippen LogP contribution >= 0.6 is 11.3 Å². The number of hydrogen-bond donors (Lipinski definition) is 0. The fraction of sp³-hybridized carbons (Fsp3) is 0.125. The number of halogens is 3. The standard InChI is InChI=1S/C16H9F3N4S/c1-9-14(12-6-7-21-13(8-20)23-12)24-15(22-9)10-2-4-11(5-3-10)16(17,18)19/h2-7H,1H3. The molecule has 8 heteroatoms. The van der Waals surface area contributed by atoms with Crippen LogP contribution in [0.5, 0.6) is 0 Å². The lowest BCUT2D eigenvalue weighted by molar-refractivity contribution is -0.137. The topological polar surface area (TPSA) is 62.5 Å². The lowest BCUT2D eigenvalue weighted by atomic mass is 10.1. The van der Waals surface area contributed by atoms with E-state index in [1.54, 1.807) is 13.0 Å². The molecule has 0 aliphatic rings. The van der Waals surface area contributed by atoms with Gasteiger partial charge in [-0.05, 0) is 25.1 Å². The number of nitriles is 1. The second-order valence-electron chi connectivity index (χ2n) is 4.89. The Hall–Kier alpha value is -2.79. The van der Waals surface area contributed by atoms with Crippen LogP contribution in [0.15, 0.2) is 36.5 Å². The van der Waals surface area contributed by atoms with E-state index < -0.39 is 11.7 Å². The van der Waals surface area contributed by atoms with Crippen molar-refractivity contribution in [3.8, 4) is 27.2 Å². The molecule has 0 bridgehead atoms. The van der Waals surface area contributed by atoms with E-state index in [1.807, 2.05) is 6.07 Å². The van der Waals surface area contributed by atoms with Crippen LogP contribution < -0.4 is 0 Å². The van der Waals surface area contributed by atoms with E-state index in [9.17, 15) is 13.2 Å². The molecule has 0 radical (unpaired) electrons. The molecular formula is C16H9F3N4S. The molecule has 0 N–H and O–H groups in total. The summed E-state index contributed by atoms with van der Waals surface area (Å²) >= 11 is 1.31. The maximum Gasteiger partial charge on any atom is 0.416 e. The van der Waals surface area contributed by atoms with Crippen LogP contribution in [0.2, 0.25) is 0 Å². The Morgan fingerprint density at radius 2 is 1.79 bits per heavy atom. The van der Waals surface area contributed by atoms with Gasteiger partial charge < -0.3 is 0 Å². The van der Waals surface area contributed by atoms with Crippen LogP contribution in [0.3, 0.4) is 0 Å². The van der Waals surface area contributed by atoms with Gasteiger partial charge in [-0.3, -0.25) is 0 Å². The Labute approximate surface area is 139 Å². The van der Waals surface area contributed by atoms with Crippen molar-refractivity contribution < 1.29 is 13.2 Å². The number of aryl methyl sites for hydroxylation is 1. The lowest BCUT2D eigenvalue weighted by Gasteiger charge is -2.06. The molecule has 120 valence electrons. The average Bonchev–Trinajstić information content (AvgIpc) is 2.96. The first-order valence-electron chi connectivity index (χ1n) is 6.77. The fourth-order valence-electron chi connectivity index (χ4n) is 2.10. The molecule has 0 aliphatic carbocycles. The number of rotatable bonds is 2. The molecule has 4 nitrogen and oxygen atoms in total. The van der Waals surface area contributed by atoms with E-state index in [-0.39, 0.29) is 5.82 Å². The zero-order valence-corrected chi connectivity index (χ0v) is 13.1. The maximum atomic E-state index is 12.6. The Bertz CT molecular complexity index is 924. The molecule has 0 atom stereocenters. The molecule has 0 amide bonds. The minimum Gasteiger partial charge on any atom is -0.241 e. The van der Waals surface area contributed by atoms with Crippen LogP contribution in [-0.2, 0) is 6.18 Å². The number of benzene rings is 1. The Morgan fingerprint density at radius 1 is 1.08 bits per heavy atom. The molecule has 3 rings (SSSR count).